The van der Waals surface area contributed by atoms with Crippen LogP contribution in [0.2, 0.25) is 0 Å². The molecule has 0 fully saturated rings. The van der Waals surface area contributed by atoms with Crippen molar-refractivity contribution in [2.24, 2.45) is 0 Å². The minimum absolute atomic E-state index is 0.0295. The maximum Gasteiger partial charge on any atom is 0.389 e. The second-order valence-electron chi connectivity index (χ2n) is 2.01. The molecule has 0 aliphatic carbocycles. The third kappa shape index (κ3) is 7.53. The van der Waals surface area contributed by atoms with Crippen molar-refractivity contribution in [3.63, 3.8) is 0 Å². The van der Waals surface area contributed by atoms with Crippen LogP contribution in [0, 0.1) is 11.3 Å². The summed E-state index contributed by atoms with van der Waals surface area (Å²) >= 11 is 1.02. The first-order valence-electron chi connectivity index (χ1n) is 3.03. The van der Waals surface area contributed by atoms with Gasteiger partial charge < -0.3 is 0 Å². The van der Waals surface area contributed by atoms with Gasteiger partial charge in [-0.15, -0.1) is 11.8 Å². The van der Waals surface area contributed by atoms with Gasteiger partial charge in [-0.25, -0.2) is 0 Å². The molecule has 0 bridgehead atoms. The minimum atomic E-state index is -4.10. The molecule has 0 aliphatic rings. The van der Waals surface area contributed by atoms with Crippen LogP contribution in [0.5, 0.6) is 0 Å². The summed E-state index contributed by atoms with van der Waals surface area (Å²) < 4.78 is 34.5. The number of nitrogens with zero attached hydrogens (tertiary/aromatic N) is 1. The molecule has 0 heterocycles. The molecule has 0 radical (unpaired) electrons. The van der Waals surface area contributed by atoms with Crippen LogP contribution in [-0.2, 0) is 0 Å². The van der Waals surface area contributed by atoms with Gasteiger partial charge in [0.2, 0.25) is 0 Å². The van der Waals surface area contributed by atoms with Crippen molar-refractivity contribution in [2.45, 2.75) is 24.8 Å². The minimum Gasteiger partial charge on any atom is -0.197 e. The second-order valence-corrected chi connectivity index (χ2v) is 3.46. The Balaban J connectivity index is 3.37. The third-order valence-corrected chi connectivity index (χ3v) is 1.98. The normalized spacial score (nSPS) is 14.1. The van der Waals surface area contributed by atoms with Crippen LogP contribution < -0.4 is 0 Å². The number of halogens is 3. The molecule has 1 unspecified atom stereocenters. The molecular formula is C6H8F3NS. The summed E-state index contributed by atoms with van der Waals surface area (Å²) in [6.07, 6.45) is -4.91. The Morgan fingerprint density at radius 3 is 2.45 bits per heavy atom. The van der Waals surface area contributed by atoms with Crippen molar-refractivity contribution < 1.29 is 13.2 Å². The number of nitriles is 1. The van der Waals surface area contributed by atoms with Gasteiger partial charge in [-0.05, 0) is 6.92 Å². The second kappa shape index (κ2) is 4.50. The van der Waals surface area contributed by atoms with Crippen LogP contribution in [0.3, 0.4) is 0 Å². The summed E-state index contributed by atoms with van der Waals surface area (Å²) in [6, 6.07) is 1.85. The molecule has 1 atom stereocenters. The highest BCUT2D eigenvalue weighted by Crippen LogP contribution is 2.23. The quantitative estimate of drug-likeness (QED) is 0.671. The van der Waals surface area contributed by atoms with Crippen LogP contribution in [0.25, 0.3) is 0 Å². The summed E-state index contributed by atoms with van der Waals surface area (Å²) in [7, 11) is 0. The van der Waals surface area contributed by atoms with Crippen molar-refractivity contribution in [1.29, 1.82) is 5.26 Å². The van der Waals surface area contributed by atoms with Gasteiger partial charge in [0.15, 0.2) is 0 Å². The molecule has 0 saturated carbocycles. The van der Waals surface area contributed by atoms with Crippen molar-refractivity contribution in [3.8, 4) is 6.07 Å². The summed E-state index contributed by atoms with van der Waals surface area (Å²) in [5, 5.41) is 7.86. The van der Waals surface area contributed by atoms with Gasteiger partial charge in [-0.2, -0.15) is 18.4 Å². The van der Waals surface area contributed by atoms with Crippen molar-refractivity contribution in [1.82, 2.24) is 0 Å². The molecule has 5 heteroatoms. The largest absolute Gasteiger partial charge is 0.389 e. The lowest BCUT2D eigenvalue weighted by Gasteiger charge is -2.05. The lowest BCUT2D eigenvalue weighted by Crippen LogP contribution is -2.09. The highest BCUT2D eigenvalue weighted by molar-refractivity contribution is 8.00. The summed E-state index contributed by atoms with van der Waals surface area (Å²) in [5.74, 6) is -0.0295. The fraction of sp³-hybridized carbons (Fsp3) is 0.833. The molecular weight excluding hydrogens is 175 g/mol. The van der Waals surface area contributed by atoms with Crippen molar-refractivity contribution in [3.05, 3.63) is 0 Å². The Labute approximate surface area is 67.6 Å². The number of hydrogen-bond donors (Lipinski definition) is 0. The molecule has 0 amide bonds. The van der Waals surface area contributed by atoms with Gasteiger partial charge in [-0.1, -0.05) is 0 Å². The third-order valence-electron chi connectivity index (χ3n) is 0.935. The highest BCUT2D eigenvalue weighted by atomic mass is 32.2. The van der Waals surface area contributed by atoms with E-state index in [2.05, 4.69) is 0 Å². The van der Waals surface area contributed by atoms with Crippen LogP contribution in [0.4, 0.5) is 13.2 Å². The maximum absolute atomic E-state index is 11.5. The van der Waals surface area contributed by atoms with Gasteiger partial charge in [0.25, 0.3) is 0 Å². The zero-order valence-corrected chi connectivity index (χ0v) is 6.80. The number of alkyl halides is 3. The van der Waals surface area contributed by atoms with Gasteiger partial charge in [0.1, 0.15) is 0 Å². The average Bonchev–Trinajstić information content (AvgIpc) is 1.85. The van der Waals surface area contributed by atoms with Crippen LogP contribution in [-0.4, -0.2) is 17.2 Å². The molecule has 0 aliphatic heterocycles. The van der Waals surface area contributed by atoms with E-state index < -0.39 is 12.6 Å². The summed E-state index contributed by atoms with van der Waals surface area (Å²) in [4.78, 5) is 0. The van der Waals surface area contributed by atoms with Gasteiger partial charge in [0, 0.05) is 5.75 Å². The molecule has 1 nitrogen and oxygen atoms in total. The molecule has 0 saturated heterocycles. The maximum atomic E-state index is 11.5. The van der Waals surface area contributed by atoms with E-state index in [4.69, 9.17) is 5.26 Å². The lowest BCUT2D eigenvalue weighted by molar-refractivity contribution is -0.129. The van der Waals surface area contributed by atoms with E-state index in [0.717, 1.165) is 11.8 Å². The van der Waals surface area contributed by atoms with E-state index in [1.54, 1.807) is 6.92 Å². The van der Waals surface area contributed by atoms with Gasteiger partial charge >= 0.3 is 6.18 Å². The molecule has 0 rings (SSSR count). The molecule has 0 aromatic heterocycles. The summed E-state index contributed by atoms with van der Waals surface area (Å²) in [5.41, 5.74) is 0. The Bertz CT molecular complexity index is 149. The summed E-state index contributed by atoms with van der Waals surface area (Å²) in [6.45, 7) is 1.58. The van der Waals surface area contributed by atoms with Crippen LogP contribution >= 0.6 is 11.8 Å². The zero-order chi connectivity index (χ0) is 8.91. The van der Waals surface area contributed by atoms with Crippen molar-refractivity contribution in [2.75, 3.05) is 5.75 Å². The smallest absolute Gasteiger partial charge is 0.197 e. The SMILES string of the molecule is CC(C#N)SCCC(F)(F)F. The Kier molecular flexibility index (Phi) is 4.34. The van der Waals surface area contributed by atoms with Crippen LogP contribution in [0.1, 0.15) is 13.3 Å². The molecule has 0 aromatic carbocycles. The molecule has 0 aromatic rings. The number of thioether (sulfide) groups is 1. The monoisotopic (exact) mass is 183 g/mol. The fourth-order valence-corrected chi connectivity index (χ4v) is 1.17. The van der Waals surface area contributed by atoms with E-state index in [1.165, 1.54) is 0 Å². The van der Waals surface area contributed by atoms with E-state index >= 15 is 0 Å². The van der Waals surface area contributed by atoms with E-state index in [0.29, 0.717) is 0 Å². The Morgan fingerprint density at radius 2 is 2.09 bits per heavy atom. The predicted octanol–water partition coefficient (Wildman–Crippen LogP) is 2.58. The molecule has 0 N–H and O–H groups in total. The first-order valence-corrected chi connectivity index (χ1v) is 4.08. The standard InChI is InChI=1S/C6H8F3NS/c1-5(4-10)11-3-2-6(7,8)9/h5H,2-3H2,1H3. The Morgan fingerprint density at radius 1 is 1.55 bits per heavy atom. The van der Waals surface area contributed by atoms with E-state index in [-0.39, 0.29) is 11.0 Å². The molecule has 64 valence electrons. The predicted molar refractivity (Wildman–Crippen MR) is 38.2 cm³/mol. The first kappa shape index (κ1) is 10.6. The zero-order valence-electron chi connectivity index (χ0n) is 5.98. The van der Waals surface area contributed by atoms with E-state index in [1.807, 2.05) is 6.07 Å². The topological polar surface area (TPSA) is 23.8 Å². The number of hydrogen-bond acceptors (Lipinski definition) is 2. The van der Waals surface area contributed by atoms with Crippen LogP contribution in [0.15, 0.2) is 0 Å². The highest BCUT2D eigenvalue weighted by Gasteiger charge is 2.26. The van der Waals surface area contributed by atoms with Gasteiger partial charge in [0.05, 0.1) is 17.7 Å². The Hall–Kier alpha value is -0.370. The fourth-order valence-electron chi connectivity index (χ4n) is 0.389. The van der Waals surface area contributed by atoms with Crippen molar-refractivity contribution >= 4 is 11.8 Å². The number of rotatable bonds is 3. The van der Waals surface area contributed by atoms with E-state index in [9.17, 15) is 13.2 Å². The first-order chi connectivity index (χ1) is 4.95. The molecule has 0 spiro atoms. The average molecular weight is 183 g/mol. The lowest BCUT2D eigenvalue weighted by atomic mass is 10.5. The molecule has 11 heavy (non-hydrogen) atoms. The van der Waals surface area contributed by atoms with Gasteiger partial charge in [-0.3, -0.25) is 0 Å².